The zero-order chi connectivity index (χ0) is 46.2. The number of hydrogen-bond donors (Lipinski definition) is 3. The van der Waals surface area contributed by atoms with Gasteiger partial charge in [0.15, 0.2) is 22.2 Å². The first kappa shape index (κ1) is 45.1. The predicted octanol–water partition coefficient (Wildman–Crippen LogP) is 10.1. The highest BCUT2D eigenvalue weighted by atomic mass is 35.5. The maximum absolute atomic E-state index is 12.7. The van der Waals surface area contributed by atoms with Crippen LogP contribution in [0.5, 0.6) is 0 Å². The van der Waals surface area contributed by atoms with Crippen LogP contribution in [0, 0.1) is 19.8 Å². The number of rotatable bonds is 14. The molecular weight excluding hydrogens is 876 g/mol. The molecular formula is C45H44ClF6N11O2. The van der Waals surface area contributed by atoms with Gasteiger partial charge >= 0.3 is 12.4 Å². The second-order valence-electron chi connectivity index (χ2n) is 16.4. The van der Waals surface area contributed by atoms with Crippen LogP contribution >= 0.6 is 11.6 Å². The van der Waals surface area contributed by atoms with Gasteiger partial charge in [0.05, 0.1) is 53.7 Å². The number of aryl methyl sites for hydroxylation is 3. The quantitative estimate of drug-likeness (QED) is 0.0716. The van der Waals surface area contributed by atoms with Crippen LogP contribution in [0.4, 0.5) is 37.7 Å². The van der Waals surface area contributed by atoms with Gasteiger partial charge in [0.1, 0.15) is 5.69 Å². The number of nitrogens with one attached hydrogen (secondary N) is 3. The molecule has 2 aliphatic carbocycles. The molecule has 2 saturated carbocycles. The summed E-state index contributed by atoms with van der Waals surface area (Å²) >= 11 is 6.09. The van der Waals surface area contributed by atoms with Crippen molar-refractivity contribution in [1.29, 1.82) is 0 Å². The van der Waals surface area contributed by atoms with Gasteiger partial charge in [0.2, 0.25) is 0 Å². The highest BCUT2D eigenvalue weighted by Gasteiger charge is 2.29. The smallest absolute Gasteiger partial charge is 0.382 e. The van der Waals surface area contributed by atoms with E-state index in [2.05, 4.69) is 36.1 Å². The molecule has 2 aromatic carbocycles. The van der Waals surface area contributed by atoms with Crippen molar-refractivity contribution < 1.29 is 35.9 Å². The Labute approximate surface area is 373 Å². The van der Waals surface area contributed by atoms with E-state index >= 15 is 0 Å². The summed E-state index contributed by atoms with van der Waals surface area (Å²) < 4.78 is 80.3. The SMILES string of the molecule is Cc1cc(-c2cnc3c(NCCC(F)(F)F)cc(-c4ccnn4C)nn23)ccc1C(=O)NC1CC1.Cc1cc(-c2cnc3c(NCCC(F)(F)F)cc(Cl)nn23)ccc1C(=O)CC1CC1. The topological polar surface area (TPSA) is 148 Å². The van der Waals surface area contributed by atoms with E-state index in [9.17, 15) is 35.9 Å². The van der Waals surface area contributed by atoms with Crippen molar-refractivity contribution >= 4 is 46.0 Å². The number of halogens is 7. The van der Waals surface area contributed by atoms with Crippen LogP contribution in [-0.2, 0) is 7.05 Å². The summed E-state index contributed by atoms with van der Waals surface area (Å²) in [6.45, 7) is 3.17. The Morgan fingerprint density at radius 2 is 1.28 bits per heavy atom. The number of imidazole rings is 2. The molecule has 2 aliphatic rings. The number of anilines is 2. The first-order valence-electron chi connectivity index (χ1n) is 21.0. The number of aromatic nitrogens is 8. The fraction of sp³-hybridized carbons (Fsp3) is 0.356. The van der Waals surface area contributed by atoms with Crippen LogP contribution in [0.2, 0.25) is 5.15 Å². The number of fused-ring (bicyclic) bond motifs is 2. The Balaban J connectivity index is 0.000000179. The number of Topliss-reactive ketones (excluding diaryl/α,β-unsaturated/α-hetero) is 1. The Hall–Kier alpha value is -6.50. The summed E-state index contributed by atoms with van der Waals surface area (Å²) in [5, 5.41) is 21.9. The van der Waals surface area contributed by atoms with Gasteiger partial charge in [-0.2, -0.15) is 41.6 Å². The number of carbonyl (C=O) groups is 2. The van der Waals surface area contributed by atoms with Crippen LogP contribution in [0.25, 0.3) is 45.2 Å². The molecule has 0 saturated heterocycles. The predicted molar refractivity (Wildman–Crippen MR) is 234 cm³/mol. The monoisotopic (exact) mass is 919 g/mol. The second-order valence-corrected chi connectivity index (χ2v) is 16.8. The van der Waals surface area contributed by atoms with Crippen LogP contribution in [0.3, 0.4) is 0 Å². The first-order valence-corrected chi connectivity index (χ1v) is 21.4. The Morgan fingerprint density at radius 1 is 0.723 bits per heavy atom. The molecule has 9 rings (SSSR count). The van der Waals surface area contributed by atoms with E-state index < -0.39 is 25.2 Å². The van der Waals surface area contributed by atoms with E-state index in [0.29, 0.717) is 68.9 Å². The maximum atomic E-state index is 12.7. The molecule has 0 spiro atoms. The molecule has 0 unspecified atom stereocenters. The zero-order valence-corrected chi connectivity index (χ0v) is 36.2. The lowest BCUT2D eigenvalue weighted by Crippen LogP contribution is -2.26. The van der Waals surface area contributed by atoms with Gasteiger partial charge < -0.3 is 16.0 Å². The van der Waals surface area contributed by atoms with Crippen molar-refractivity contribution in [1.82, 2.24) is 44.3 Å². The van der Waals surface area contributed by atoms with Crippen molar-refractivity contribution in [2.24, 2.45) is 13.0 Å². The lowest BCUT2D eigenvalue weighted by Gasteiger charge is -2.13. The first-order chi connectivity index (χ1) is 30.9. The Kier molecular flexibility index (Phi) is 12.6. The molecule has 1 amide bonds. The normalized spacial score (nSPS) is 14.1. The summed E-state index contributed by atoms with van der Waals surface area (Å²) in [6, 6.07) is 16.2. The molecule has 0 bridgehead atoms. The van der Waals surface area contributed by atoms with Gasteiger partial charge in [-0.15, -0.1) is 0 Å². The minimum Gasteiger partial charge on any atom is -0.382 e. The standard InChI is InChI=1S/C24H24F3N7O.C21H20ClF3N4O/c1-14-11-15(3-6-17(14)23(35)31-16-4-5-16)21-13-29-22-19(28-10-8-24(25,26)27)12-18(32-34(21)22)20-7-9-30-33(20)2;1-12-8-14(4-5-15(12)18(30)9-13-2-3-13)17-11-27-20-16(10-19(22)28-29(17)20)26-7-6-21(23,24)25/h3,6-7,9,11-13,16,28H,4-5,8,10H2,1-2H3,(H,31,35);4-5,8,10-11,13,26H,2-3,6-7,9H2,1H3. The third-order valence-electron chi connectivity index (χ3n) is 11.1. The number of hydrogen-bond acceptors (Lipinski definition) is 9. The van der Waals surface area contributed by atoms with Crippen molar-refractivity contribution in [3.63, 3.8) is 0 Å². The molecule has 340 valence electrons. The highest BCUT2D eigenvalue weighted by Crippen LogP contribution is 2.35. The lowest BCUT2D eigenvalue weighted by molar-refractivity contribution is -0.132. The molecule has 0 aliphatic heterocycles. The molecule has 13 nitrogen and oxygen atoms in total. The van der Waals surface area contributed by atoms with Crippen LogP contribution in [0.1, 0.15) is 76.8 Å². The average molecular weight is 920 g/mol. The third kappa shape index (κ3) is 10.9. The van der Waals surface area contributed by atoms with Crippen molar-refractivity contribution in [3.8, 4) is 33.9 Å². The number of benzene rings is 2. The van der Waals surface area contributed by atoms with E-state index in [0.717, 1.165) is 47.9 Å². The van der Waals surface area contributed by atoms with Gasteiger partial charge in [0, 0.05) is 67.1 Å². The Bertz CT molecular complexity index is 2900. The Morgan fingerprint density at radius 3 is 1.78 bits per heavy atom. The second kappa shape index (κ2) is 18.2. The zero-order valence-electron chi connectivity index (χ0n) is 35.5. The largest absolute Gasteiger partial charge is 0.390 e. The number of ketones is 1. The number of alkyl halides is 6. The third-order valence-corrected chi connectivity index (χ3v) is 11.3. The number of amides is 1. The molecule has 3 N–H and O–H groups in total. The summed E-state index contributed by atoms with van der Waals surface area (Å²) in [7, 11) is 1.77. The fourth-order valence-electron chi connectivity index (χ4n) is 7.39. The van der Waals surface area contributed by atoms with Crippen molar-refractivity contribution in [3.05, 3.63) is 101 Å². The highest BCUT2D eigenvalue weighted by molar-refractivity contribution is 6.29. The van der Waals surface area contributed by atoms with Gasteiger partial charge in [-0.3, -0.25) is 14.3 Å². The molecule has 0 atom stereocenters. The lowest BCUT2D eigenvalue weighted by atomic mass is 9.98. The number of carbonyl (C=O) groups excluding carboxylic acids is 2. The summed E-state index contributed by atoms with van der Waals surface area (Å²) in [6.07, 6.45) is -0.777. The van der Waals surface area contributed by atoms with Gasteiger partial charge in [0.25, 0.3) is 5.91 Å². The van der Waals surface area contributed by atoms with E-state index in [1.807, 2.05) is 44.2 Å². The van der Waals surface area contributed by atoms with E-state index in [1.165, 1.54) is 10.6 Å². The van der Waals surface area contributed by atoms with Crippen LogP contribution in [0.15, 0.2) is 73.2 Å². The molecule has 5 heterocycles. The van der Waals surface area contributed by atoms with E-state index in [4.69, 9.17) is 16.7 Å². The summed E-state index contributed by atoms with van der Waals surface area (Å²) in [5.74, 6) is 0.574. The molecule has 2 fully saturated rings. The van der Waals surface area contributed by atoms with Crippen LogP contribution < -0.4 is 16.0 Å². The van der Waals surface area contributed by atoms with E-state index in [-0.39, 0.29) is 36.0 Å². The molecule has 65 heavy (non-hydrogen) atoms. The minimum atomic E-state index is -4.27. The summed E-state index contributed by atoms with van der Waals surface area (Å²) in [4.78, 5) is 33.7. The fourth-order valence-corrected chi connectivity index (χ4v) is 7.57. The number of nitrogens with zero attached hydrogens (tertiary/aromatic N) is 8. The minimum absolute atomic E-state index is 0.0949. The molecule has 20 heteroatoms. The molecule has 7 aromatic rings. The van der Waals surface area contributed by atoms with Crippen LogP contribution in [-0.4, -0.2) is 82.2 Å². The maximum Gasteiger partial charge on any atom is 0.390 e. The van der Waals surface area contributed by atoms with E-state index in [1.54, 1.807) is 53.0 Å². The van der Waals surface area contributed by atoms with Crippen molar-refractivity contribution in [2.75, 3.05) is 23.7 Å². The summed E-state index contributed by atoms with van der Waals surface area (Å²) in [5.41, 5.74) is 8.67. The average Bonchev–Trinajstić information content (AvgIpc) is 4.09. The molecule has 5 aromatic heterocycles. The van der Waals surface area contributed by atoms with Gasteiger partial charge in [-0.1, -0.05) is 29.8 Å². The molecule has 0 radical (unpaired) electrons. The van der Waals surface area contributed by atoms with Crippen molar-refractivity contribution in [2.45, 2.75) is 77.2 Å². The van der Waals surface area contributed by atoms with Gasteiger partial charge in [-0.05, 0) is 86.9 Å². The van der Waals surface area contributed by atoms with Gasteiger partial charge in [-0.25, -0.2) is 19.0 Å².